The molecule has 3 aliphatic rings. The summed E-state index contributed by atoms with van der Waals surface area (Å²) in [4.78, 5) is 28.7. The van der Waals surface area contributed by atoms with Gasteiger partial charge in [0.2, 0.25) is 5.91 Å². The number of hydrogen-bond donors (Lipinski definition) is 2. The molecule has 1 aromatic heterocycles. The molecule has 1 aliphatic carbocycles. The second-order valence-electron chi connectivity index (χ2n) is 9.47. The first kappa shape index (κ1) is 22.0. The van der Waals surface area contributed by atoms with E-state index in [1.807, 2.05) is 19.1 Å². The van der Waals surface area contributed by atoms with Crippen LogP contribution >= 0.6 is 0 Å². The van der Waals surface area contributed by atoms with Crippen LogP contribution in [0.5, 0.6) is 0 Å². The van der Waals surface area contributed by atoms with Crippen molar-refractivity contribution in [2.75, 3.05) is 13.2 Å². The van der Waals surface area contributed by atoms with E-state index in [1.54, 1.807) is 34.9 Å². The number of halogens is 1. The van der Waals surface area contributed by atoms with Crippen molar-refractivity contribution in [2.24, 2.45) is 17.8 Å². The zero-order valence-electron chi connectivity index (χ0n) is 18.8. The van der Waals surface area contributed by atoms with E-state index in [4.69, 9.17) is 0 Å². The third-order valence-electron chi connectivity index (χ3n) is 7.42. The van der Waals surface area contributed by atoms with Crippen LogP contribution < -0.4 is 10.9 Å². The highest BCUT2D eigenvalue weighted by Gasteiger charge is 2.55. The molecule has 0 radical (unpaired) electrons. The van der Waals surface area contributed by atoms with Crippen LogP contribution in [0.2, 0.25) is 0 Å². The number of nitrogens with one attached hydrogen (secondary N) is 1. The van der Waals surface area contributed by atoms with Gasteiger partial charge in [0, 0.05) is 55.0 Å². The summed E-state index contributed by atoms with van der Waals surface area (Å²) in [6.45, 7) is 3.02. The molecular formula is C26H30FN3O3. The lowest BCUT2D eigenvalue weighted by Crippen LogP contribution is -2.46. The summed E-state index contributed by atoms with van der Waals surface area (Å²) in [6, 6.07) is 9.69. The van der Waals surface area contributed by atoms with Gasteiger partial charge in [-0.25, -0.2) is 4.39 Å². The number of carbonyl (C=O) groups excluding carboxylic acids is 1. The van der Waals surface area contributed by atoms with E-state index in [0.717, 1.165) is 18.5 Å². The molecule has 1 saturated carbocycles. The molecule has 6 nitrogen and oxygen atoms in total. The Balaban J connectivity index is 1.57. The molecule has 1 amide bonds. The minimum atomic E-state index is -0.508. The summed E-state index contributed by atoms with van der Waals surface area (Å²) in [5.41, 5.74) is 1.80. The third-order valence-corrected chi connectivity index (χ3v) is 7.42. The van der Waals surface area contributed by atoms with E-state index in [9.17, 15) is 19.1 Å². The van der Waals surface area contributed by atoms with Crippen molar-refractivity contribution in [1.82, 2.24) is 14.8 Å². The first-order valence-corrected chi connectivity index (χ1v) is 11.8. The Morgan fingerprint density at radius 2 is 2.03 bits per heavy atom. The number of aliphatic hydroxyl groups is 1. The second-order valence-corrected chi connectivity index (χ2v) is 9.47. The average Bonchev–Trinajstić information content (AvgIpc) is 3.61. The number of aliphatic hydroxyl groups excluding tert-OH is 1. The van der Waals surface area contributed by atoms with Crippen molar-refractivity contribution >= 4 is 12.0 Å². The smallest absolute Gasteiger partial charge is 0.258 e. The van der Waals surface area contributed by atoms with Crippen LogP contribution in [0, 0.1) is 23.6 Å². The number of rotatable bonds is 7. The number of fused-ring (bicyclic) bond motifs is 4. The highest BCUT2D eigenvalue weighted by molar-refractivity contribution is 5.80. The van der Waals surface area contributed by atoms with Gasteiger partial charge in [0.1, 0.15) is 5.82 Å². The van der Waals surface area contributed by atoms with Gasteiger partial charge >= 0.3 is 0 Å². The van der Waals surface area contributed by atoms with Gasteiger partial charge in [-0.2, -0.15) is 0 Å². The van der Waals surface area contributed by atoms with Crippen LogP contribution in [-0.4, -0.2) is 39.7 Å². The van der Waals surface area contributed by atoms with Crippen molar-refractivity contribution in [2.45, 2.75) is 44.9 Å². The predicted octanol–water partition coefficient (Wildman–Crippen LogP) is 2.71. The number of pyridine rings is 1. The lowest BCUT2D eigenvalue weighted by Gasteiger charge is -2.38. The van der Waals surface area contributed by atoms with Crippen LogP contribution in [0.1, 0.15) is 42.6 Å². The minimum absolute atomic E-state index is 0.0922. The van der Waals surface area contributed by atoms with E-state index < -0.39 is 12.0 Å². The van der Waals surface area contributed by atoms with E-state index in [1.165, 1.54) is 6.07 Å². The molecule has 2 N–H and O–H groups in total. The quantitative estimate of drug-likeness (QED) is 0.679. The number of nitrogens with zero attached hydrogens (tertiary/aromatic N) is 2. The molecule has 0 unspecified atom stereocenters. The van der Waals surface area contributed by atoms with Crippen LogP contribution in [0.15, 0.2) is 47.3 Å². The van der Waals surface area contributed by atoms with Crippen molar-refractivity contribution in [3.63, 3.8) is 0 Å². The maximum Gasteiger partial charge on any atom is 0.258 e. The van der Waals surface area contributed by atoms with E-state index in [0.29, 0.717) is 36.7 Å². The molecule has 1 saturated heterocycles. The predicted molar refractivity (Wildman–Crippen MR) is 124 cm³/mol. The Morgan fingerprint density at radius 3 is 2.73 bits per heavy atom. The summed E-state index contributed by atoms with van der Waals surface area (Å²) < 4.78 is 16.3. The molecule has 0 spiro atoms. The Kier molecular flexibility index (Phi) is 5.93. The van der Waals surface area contributed by atoms with E-state index >= 15 is 0 Å². The van der Waals surface area contributed by atoms with Crippen LogP contribution in [0.25, 0.3) is 6.08 Å². The van der Waals surface area contributed by atoms with Gasteiger partial charge in [0.15, 0.2) is 0 Å². The van der Waals surface area contributed by atoms with Gasteiger partial charge in [0.05, 0.1) is 12.0 Å². The molecule has 33 heavy (non-hydrogen) atoms. The molecule has 4 atom stereocenters. The lowest BCUT2D eigenvalue weighted by atomic mass is 9.86. The average molecular weight is 452 g/mol. The maximum absolute atomic E-state index is 14.6. The Hall–Kier alpha value is -2.77. The van der Waals surface area contributed by atoms with E-state index in [2.05, 4.69) is 10.2 Å². The standard InChI is InChI=1S/C26H30FN3O3/c1-2-5-17-10-11-21-24-23(25(32)28-12-16-8-9-16)19(15-31)22(14-30(21)26(17)33)29(24)13-18-6-3-4-7-20(18)27/h2-7,10-11,16,19,22-24,31H,8-9,12-15H2,1H3,(H,28,32)/b5-2+/t19-,22-,23+,24+/m1/s1. The summed E-state index contributed by atoms with van der Waals surface area (Å²) in [5, 5.41) is 13.5. The molecule has 174 valence electrons. The maximum atomic E-state index is 14.6. The van der Waals surface area contributed by atoms with Crippen molar-refractivity contribution in [3.05, 3.63) is 75.5 Å². The lowest BCUT2D eigenvalue weighted by molar-refractivity contribution is -0.127. The topological polar surface area (TPSA) is 74.6 Å². The van der Waals surface area contributed by atoms with Gasteiger partial charge in [0.25, 0.3) is 5.56 Å². The van der Waals surface area contributed by atoms with Crippen molar-refractivity contribution in [3.8, 4) is 0 Å². The third kappa shape index (κ3) is 3.93. The van der Waals surface area contributed by atoms with Crippen LogP contribution in [0.4, 0.5) is 4.39 Å². The number of allylic oxidation sites excluding steroid dienone is 1. The monoisotopic (exact) mass is 451 g/mol. The first-order chi connectivity index (χ1) is 16.0. The fourth-order valence-electron chi connectivity index (χ4n) is 5.57. The fraction of sp³-hybridized carbons (Fsp3) is 0.462. The van der Waals surface area contributed by atoms with Gasteiger partial charge in [-0.05, 0) is 43.9 Å². The molecular weight excluding hydrogens is 421 g/mol. The van der Waals surface area contributed by atoms with Gasteiger partial charge < -0.3 is 15.0 Å². The van der Waals surface area contributed by atoms with Crippen molar-refractivity contribution < 1.29 is 14.3 Å². The summed E-state index contributed by atoms with van der Waals surface area (Å²) in [6.07, 6.45) is 5.88. The van der Waals surface area contributed by atoms with Gasteiger partial charge in [-0.1, -0.05) is 30.4 Å². The molecule has 3 heterocycles. The Morgan fingerprint density at radius 1 is 1.24 bits per heavy atom. The van der Waals surface area contributed by atoms with Gasteiger partial charge in [-0.3, -0.25) is 14.5 Å². The van der Waals surface area contributed by atoms with E-state index in [-0.39, 0.29) is 35.9 Å². The minimum Gasteiger partial charge on any atom is -0.396 e. The molecule has 2 fully saturated rings. The summed E-state index contributed by atoms with van der Waals surface area (Å²) in [5.74, 6) is -0.698. The largest absolute Gasteiger partial charge is 0.396 e. The number of amides is 1. The van der Waals surface area contributed by atoms with Gasteiger partial charge in [-0.15, -0.1) is 0 Å². The van der Waals surface area contributed by atoms with Crippen LogP contribution in [0.3, 0.4) is 0 Å². The molecule has 5 rings (SSSR count). The summed E-state index contributed by atoms with van der Waals surface area (Å²) in [7, 11) is 0. The normalized spacial score (nSPS) is 26.5. The molecule has 7 heteroatoms. The summed E-state index contributed by atoms with van der Waals surface area (Å²) >= 11 is 0. The Bertz CT molecular complexity index is 1140. The fourth-order valence-corrected chi connectivity index (χ4v) is 5.57. The highest BCUT2D eigenvalue weighted by atomic mass is 19.1. The second kappa shape index (κ2) is 8.88. The number of aromatic nitrogens is 1. The first-order valence-electron chi connectivity index (χ1n) is 11.8. The molecule has 1 aromatic carbocycles. The Labute approximate surface area is 192 Å². The number of hydrogen-bond acceptors (Lipinski definition) is 4. The SMILES string of the molecule is C/C=C/c1ccc2n(c1=O)C[C@@H]1[C@@H](CO)[C@H](C(=O)NCC3CC3)[C@H]2N1Cc1ccccc1F. The number of carbonyl (C=O) groups is 1. The molecule has 2 bridgehead atoms. The highest BCUT2D eigenvalue weighted by Crippen LogP contribution is 2.49. The zero-order valence-corrected chi connectivity index (χ0v) is 18.8. The zero-order chi connectivity index (χ0) is 23.1. The molecule has 2 aromatic rings. The van der Waals surface area contributed by atoms with Crippen molar-refractivity contribution in [1.29, 1.82) is 0 Å². The number of benzene rings is 1. The molecule has 2 aliphatic heterocycles. The van der Waals surface area contributed by atoms with Crippen LogP contribution in [-0.2, 0) is 17.9 Å².